The molecule has 0 N–H and O–H groups in total. The van der Waals surface area contributed by atoms with E-state index in [9.17, 15) is 0 Å². The minimum absolute atomic E-state index is 1.13. The fourth-order valence-electron chi connectivity index (χ4n) is 8.67. The Hall–Kier alpha value is -6.36. The number of para-hydroxylation sites is 2. The maximum atomic E-state index is 2.52. The van der Waals surface area contributed by atoms with E-state index in [0.29, 0.717) is 0 Å². The van der Waals surface area contributed by atoms with Crippen molar-refractivity contribution in [3.8, 4) is 0 Å². The number of thiophene rings is 1. The van der Waals surface area contributed by atoms with Gasteiger partial charge in [-0.25, -0.2) is 0 Å². The maximum Gasteiger partial charge on any atom is 0.0789 e. The molecular formula is C46H27N3S. The Morgan fingerprint density at radius 1 is 0.380 bits per heavy atom. The SMILES string of the molecule is c1ccc2cc(N(c3ccc4c(c3)n3c5ccccc5c5ccc6c7ccccc7n4c6c53)c3cccc4c3sc3ccccc34)ccc2c1. The Kier molecular flexibility index (Phi) is 5.12. The molecule has 0 radical (unpaired) electrons. The molecular weight excluding hydrogens is 627 g/mol. The molecule has 0 aliphatic rings. The first-order chi connectivity index (χ1) is 24.8. The van der Waals surface area contributed by atoms with Crippen LogP contribution in [0, 0.1) is 0 Å². The van der Waals surface area contributed by atoms with E-state index in [1.165, 1.54) is 91.3 Å². The first-order valence-electron chi connectivity index (χ1n) is 17.1. The largest absolute Gasteiger partial charge is 0.309 e. The summed E-state index contributed by atoms with van der Waals surface area (Å²) in [4.78, 5) is 2.47. The molecule has 4 aromatic heterocycles. The number of nitrogens with zero attached hydrogens (tertiary/aromatic N) is 3. The Morgan fingerprint density at radius 3 is 1.76 bits per heavy atom. The smallest absolute Gasteiger partial charge is 0.0789 e. The number of anilines is 3. The lowest BCUT2D eigenvalue weighted by Gasteiger charge is -2.27. The molecule has 12 rings (SSSR count). The van der Waals surface area contributed by atoms with Crippen molar-refractivity contribution >= 4 is 114 Å². The first kappa shape index (κ1) is 26.6. The van der Waals surface area contributed by atoms with Crippen LogP contribution in [0.4, 0.5) is 17.1 Å². The first-order valence-corrected chi connectivity index (χ1v) is 17.9. The highest BCUT2D eigenvalue weighted by Gasteiger charge is 2.24. The molecule has 0 aliphatic heterocycles. The van der Waals surface area contributed by atoms with E-state index >= 15 is 0 Å². The molecule has 0 saturated carbocycles. The monoisotopic (exact) mass is 653 g/mol. The number of aromatic nitrogens is 2. The fourth-order valence-corrected chi connectivity index (χ4v) is 9.88. The highest BCUT2D eigenvalue weighted by molar-refractivity contribution is 7.26. The van der Waals surface area contributed by atoms with E-state index in [4.69, 9.17) is 0 Å². The van der Waals surface area contributed by atoms with E-state index < -0.39 is 0 Å². The van der Waals surface area contributed by atoms with Crippen LogP contribution >= 0.6 is 11.3 Å². The second-order valence-electron chi connectivity index (χ2n) is 13.4. The van der Waals surface area contributed by atoms with Crippen LogP contribution in [-0.4, -0.2) is 8.80 Å². The second-order valence-corrected chi connectivity index (χ2v) is 14.4. The van der Waals surface area contributed by atoms with Gasteiger partial charge in [0.1, 0.15) is 0 Å². The summed E-state index contributed by atoms with van der Waals surface area (Å²) in [7, 11) is 0. The lowest BCUT2D eigenvalue weighted by atomic mass is 10.1. The number of rotatable bonds is 3. The van der Waals surface area contributed by atoms with Crippen LogP contribution in [0.2, 0.25) is 0 Å². The Labute approximate surface area is 290 Å². The summed E-state index contributed by atoms with van der Waals surface area (Å²) in [5, 5.41) is 10.2. The summed E-state index contributed by atoms with van der Waals surface area (Å²) < 4.78 is 7.61. The van der Waals surface area contributed by atoms with E-state index in [1.807, 2.05) is 11.3 Å². The molecule has 0 fully saturated rings. The Morgan fingerprint density at radius 2 is 0.980 bits per heavy atom. The summed E-state index contributed by atoms with van der Waals surface area (Å²) in [6.07, 6.45) is 0. The van der Waals surface area contributed by atoms with Gasteiger partial charge in [-0.05, 0) is 65.4 Å². The number of hydrogen-bond donors (Lipinski definition) is 0. The maximum absolute atomic E-state index is 2.52. The minimum Gasteiger partial charge on any atom is -0.309 e. The molecule has 50 heavy (non-hydrogen) atoms. The average molecular weight is 654 g/mol. The zero-order chi connectivity index (χ0) is 32.5. The van der Waals surface area contributed by atoms with Crippen LogP contribution in [0.3, 0.4) is 0 Å². The van der Waals surface area contributed by atoms with Crippen molar-refractivity contribution in [1.82, 2.24) is 8.80 Å². The summed E-state index contributed by atoms with van der Waals surface area (Å²) in [5.41, 5.74) is 10.9. The molecule has 232 valence electrons. The number of hydrogen-bond acceptors (Lipinski definition) is 2. The molecule has 4 heteroatoms. The van der Waals surface area contributed by atoms with Crippen LogP contribution in [0.5, 0.6) is 0 Å². The molecule has 4 heterocycles. The van der Waals surface area contributed by atoms with Crippen molar-refractivity contribution in [1.29, 1.82) is 0 Å². The van der Waals surface area contributed by atoms with E-state index in [0.717, 1.165) is 11.4 Å². The number of fused-ring (bicyclic) bond motifs is 13. The molecule has 0 aliphatic carbocycles. The Bertz CT molecular complexity index is 3340. The van der Waals surface area contributed by atoms with Crippen LogP contribution in [-0.2, 0) is 0 Å². The lowest BCUT2D eigenvalue weighted by Crippen LogP contribution is -2.10. The van der Waals surface area contributed by atoms with Crippen molar-refractivity contribution < 1.29 is 0 Å². The zero-order valence-electron chi connectivity index (χ0n) is 26.8. The average Bonchev–Trinajstić information content (AvgIpc) is 3.84. The molecule has 0 spiro atoms. The molecule has 0 amide bonds. The second kappa shape index (κ2) is 9.63. The van der Waals surface area contributed by atoms with Gasteiger partial charge in [0.05, 0.1) is 43.5 Å². The number of benzene rings is 8. The molecule has 0 bridgehead atoms. The third-order valence-electron chi connectivity index (χ3n) is 10.8. The van der Waals surface area contributed by atoms with Crippen molar-refractivity contribution in [2.75, 3.05) is 4.90 Å². The van der Waals surface area contributed by atoms with Gasteiger partial charge in [0.25, 0.3) is 0 Å². The van der Waals surface area contributed by atoms with E-state index in [-0.39, 0.29) is 0 Å². The third-order valence-corrected chi connectivity index (χ3v) is 12.0. The predicted octanol–water partition coefficient (Wildman–Crippen LogP) is 13.2. The van der Waals surface area contributed by atoms with Gasteiger partial charge in [-0.3, -0.25) is 0 Å². The summed E-state index contributed by atoms with van der Waals surface area (Å²) in [6.45, 7) is 0. The van der Waals surface area contributed by atoms with Gasteiger partial charge >= 0.3 is 0 Å². The van der Waals surface area contributed by atoms with Crippen LogP contribution in [0.1, 0.15) is 0 Å². The standard InChI is InChI=1S/C46H27N3S/c1-2-11-29-26-30(21-20-28(29)10-1)47(41-18-9-15-37-34-14-5-8-19-43(34)50-46(37)41)31-22-25-40-42(27-31)49-39-17-7-4-13-33(39)36-24-23-35-32-12-3-6-16-38(32)48(40)44(35)45(36)49/h1-27H. The molecule has 0 atom stereocenters. The zero-order valence-corrected chi connectivity index (χ0v) is 27.7. The summed E-state index contributed by atoms with van der Waals surface area (Å²) >= 11 is 1.88. The van der Waals surface area contributed by atoms with Gasteiger partial charge in [0, 0.05) is 48.4 Å². The summed E-state index contributed by atoms with van der Waals surface area (Å²) in [5.74, 6) is 0. The molecule has 12 aromatic rings. The third kappa shape index (κ3) is 3.38. The summed E-state index contributed by atoms with van der Waals surface area (Å²) in [6, 6.07) is 60.5. The molecule has 3 nitrogen and oxygen atoms in total. The minimum atomic E-state index is 1.13. The van der Waals surface area contributed by atoms with Gasteiger partial charge in [0.2, 0.25) is 0 Å². The lowest BCUT2D eigenvalue weighted by molar-refractivity contribution is 1.24. The quantitative estimate of drug-likeness (QED) is 0.173. The topological polar surface area (TPSA) is 12.1 Å². The Balaban J connectivity index is 1.24. The van der Waals surface area contributed by atoms with Crippen molar-refractivity contribution in [2.45, 2.75) is 0 Å². The van der Waals surface area contributed by atoms with Gasteiger partial charge < -0.3 is 13.7 Å². The highest BCUT2D eigenvalue weighted by Crippen LogP contribution is 2.47. The van der Waals surface area contributed by atoms with Gasteiger partial charge in [0.15, 0.2) is 0 Å². The van der Waals surface area contributed by atoms with Crippen LogP contribution in [0.25, 0.3) is 85.6 Å². The van der Waals surface area contributed by atoms with Crippen molar-refractivity contribution in [2.24, 2.45) is 0 Å². The normalized spacial score (nSPS) is 12.4. The fraction of sp³-hybridized carbons (Fsp3) is 0. The van der Waals surface area contributed by atoms with Crippen LogP contribution in [0.15, 0.2) is 164 Å². The molecule has 0 saturated heterocycles. The highest BCUT2D eigenvalue weighted by atomic mass is 32.1. The van der Waals surface area contributed by atoms with E-state index in [2.05, 4.69) is 177 Å². The van der Waals surface area contributed by atoms with Gasteiger partial charge in [-0.1, -0.05) is 109 Å². The van der Waals surface area contributed by atoms with Crippen molar-refractivity contribution in [3.63, 3.8) is 0 Å². The van der Waals surface area contributed by atoms with Crippen molar-refractivity contribution in [3.05, 3.63) is 164 Å². The molecule has 8 aromatic carbocycles. The van der Waals surface area contributed by atoms with Gasteiger partial charge in [-0.2, -0.15) is 0 Å². The predicted molar refractivity (Wildman–Crippen MR) is 215 cm³/mol. The van der Waals surface area contributed by atoms with Gasteiger partial charge in [-0.15, -0.1) is 11.3 Å². The van der Waals surface area contributed by atoms with Crippen LogP contribution < -0.4 is 4.90 Å². The van der Waals surface area contributed by atoms with E-state index in [1.54, 1.807) is 0 Å². The molecule has 0 unspecified atom stereocenters.